The van der Waals surface area contributed by atoms with E-state index in [2.05, 4.69) is 41.2 Å². The van der Waals surface area contributed by atoms with E-state index in [-0.39, 0.29) is 0 Å². The summed E-state index contributed by atoms with van der Waals surface area (Å²) in [5.74, 6) is 1.71. The highest BCUT2D eigenvalue weighted by Crippen LogP contribution is 2.15. The Morgan fingerprint density at radius 1 is 1.20 bits per heavy atom. The second kappa shape index (κ2) is 7.84. The summed E-state index contributed by atoms with van der Waals surface area (Å²) in [6.07, 6.45) is 1.19. The summed E-state index contributed by atoms with van der Waals surface area (Å²) in [5.41, 5.74) is 0. The van der Waals surface area contributed by atoms with Crippen molar-refractivity contribution in [3.63, 3.8) is 0 Å². The Bertz CT molecular complexity index is 307. The number of hydrogen-bond donors (Lipinski definition) is 2. The Morgan fingerprint density at radius 3 is 2.50 bits per heavy atom. The Hall–Kier alpha value is -0.810. The molecule has 0 radical (unpaired) electrons. The van der Waals surface area contributed by atoms with E-state index in [1.165, 1.54) is 39.1 Å². The van der Waals surface area contributed by atoms with Gasteiger partial charge in [-0.05, 0) is 19.3 Å². The van der Waals surface area contributed by atoms with Gasteiger partial charge in [-0.1, -0.05) is 13.8 Å². The van der Waals surface area contributed by atoms with E-state index in [1.807, 2.05) is 0 Å². The normalized spacial score (nSPS) is 29.8. The Labute approximate surface area is 123 Å². The fraction of sp³-hybridized carbons (Fsp3) is 0.933. The standard InChI is InChI=1S/C15H31N5/c1-4-16-15(17-6-5-13(2)3)18-11-14-12-19-7-9-20(14)10-8-19/h13-14H,4-12H2,1-3H3,(H2,16,17,18). The molecule has 0 amide bonds. The van der Waals surface area contributed by atoms with Gasteiger partial charge in [0, 0.05) is 51.9 Å². The van der Waals surface area contributed by atoms with E-state index >= 15 is 0 Å². The zero-order valence-electron chi connectivity index (χ0n) is 13.4. The van der Waals surface area contributed by atoms with Crippen LogP contribution >= 0.6 is 0 Å². The minimum atomic E-state index is 0.609. The van der Waals surface area contributed by atoms with Crippen molar-refractivity contribution in [3.8, 4) is 0 Å². The Kier molecular flexibility index (Phi) is 6.10. The van der Waals surface area contributed by atoms with E-state index in [0.717, 1.165) is 31.5 Å². The predicted octanol–water partition coefficient (Wildman–Crippen LogP) is 0.587. The first-order valence-corrected chi connectivity index (χ1v) is 8.17. The highest BCUT2D eigenvalue weighted by molar-refractivity contribution is 5.79. The highest BCUT2D eigenvalue weighted by atomic mass is 15.3. The summed E-state index contributed by atoms with van der Waals surface area (Å²) >= 11 is 0. The summed E-state index contributed by atoms with van der Waals surface area (Å²) in [6, 6.07) is 0.609. The van der Waals surface area contributed by atoms with Gasteiger partial charge in [-0.25, -0.2) is 0 Å². The first-order valence-electron chi connectivity index (χ1n) is 8.17. The molecule has 0 aromatic heterocycles. The van der Waals surface area contributed by atoms with Crippen LogP contribution < -0.4 is 10.6 Å². The molecule has 3 heterocycles. The zero-order chi connectivity index (χ0) is 14.4. The minimum Gasteiger partial charge on any atom is -0.357 e. The van der Waals surface area contributed by atoms with Crippen LogP contribution in [0.4, 0.5) is 0 Å². The third-order valence-electron chi connectivity index (χ3n) is 4.21. The van der Waals surface area contributed by atoms with Crippen molar-refractivity contribution < 1.29 is 0 Å². The summed E-state index contributed by atoms with van der Waals surface area (Å²) in [6.45, 7) is 15.6. The molecule has 3 aliphatic heterocycles. The molecule has 3 saturated heterocycles. The summed E-state index contributed by atoms with van der Waals surface area (Å²) < 4.78 is 0. The monoisotopic (exact) mass is 281 g/mol. The predicted molar refractivity (Wildman–Crippen MR) is 85.2 cm³/mol. The molecule has 20 heavy (non-hydrogen) atoms. The molecule has 1 unspecified atom stereocenters. The van der Waals surface area contributed by atoms with Gasteiger partial charge >= 0.3 is 0 Å². The highest BCUT2D eigenvalue weighted by Gasteiger charge is 2.31. The molecule has 5 heteroatoms. The first kappa shape index (κ1) is 15.6. The van der Waals surface area contributed by atoms with Gasteiger partial charge in [-0.15, -0.1) is 0 Å². The van der Waals surface area contributed by atoms with Crippen molar-refractivity contribution >= 4 is 5.96 Å². The third-order valence-corrected chi connectivity index (χ3v) is 4.21. The molecule has 1 atom stereocenters. The van der Waals surface area contributed by atoms with Crippen LogP contribution in [0.5, 0.6) is 0 Å². The van der Waals surface area contributed by atoms with Crippen LogP contribution in [0.25, 0.3) is 0 Å². The maximum Gasteiger partial charge on any atom is 0.191 e. The maximum absolute atomic E-state index is 4.78. The van der Waals surface area contributed by atoms with E-state index < -0.39 is 0 Å². The number of guanidine groups is 1. The molecule has 3 fully saturated rings. The number of nitrogens with zero attached hydrogens (tertiary/aromatic N) is 3. The van der Waals surface area contributed by atoms with Gasteiger partial charge in [0.2, 0.25) is 0 Å². The molecule has 2 N–H and O–H groups in total. The van der Waals surface area contributed by atoms with Gasteiger partial charge < -0.3 is 10.6 Å². The molecule has 116 valence electrons. The summed E-state index contributed by atoms with van der Waals surface area (Å²) in [4.78, 5) is 9.95. The maximum atomic E-state index is 4.78. The van der Waals surface area contributed by atoms with Crippen molar-refractivity contribution in [2.24, 2.45) is 10.9 Å². The van der Waals surface area contributed by atoms with Crippen LogP contribution in [0.2, 0.25) is 0 Å². The van der Waals surface area contributed by atoms with E-state index in [0.29, 0.717) is 6.04 Å². The van der Waals surface area contributed by atoms with Gasteiger partial charge in [-0.3, -0.25) is 14.8 Å². The van der Waals surface area contributed by atoms with Crippen LogP contribution in [0.1, 0.15) is 27.2 Å². The van der Waals surface area contributed by atoms with Gasteiger partial charge in [0.15, 0.2) is 5.96 Å². The molecule has 3 rings (SSSR count). The van der Waals surface area contributed by atoms with Crippen molar-refractivity contribution in [2.45, 2.75) is 33.2 Å². The molecular formula is C15H31N5. The minimum absolute atomic E-state index is 0.609. The van der Waals surface area contributed by atoms with Crippen LogP contribution in [0.3, 0.4) is 0 Å². The summed E-state index contributed by atoms with van der Waals surface area (Å²) in [7, 11) is 0. The average Bonchev–Trinajstić information content (AvgIpc) is 2.45. The van der Waals surface area contributed by atoms with E-state index in [4.69, 9.17) is 4.99 Å². The largest absolute Gasteiger partial charge is 0.357 e. The summed E-state index contributed by atoms with van der Waals surface area (Å²) in [5, 5.41) is 6.79. The van der Waals surface area contributed by atoms with Gasteiger partial charge in [0.05, 0.1) is 6.54 Å². The number of piperazine rings is 3. The smallest absolute Gasteiger partial charge is 0.191 e. The lowest BCUT2D eigenvalue weighted by Gasteiger charge is -2.47. The zero-order valence-corrected chi connectivity index (χ0v) is 13.4. The van der Waals surface area contributed by atoms with Gasteiger partial charge in [0.25, 0.3) is 0 Å². The van der Waals surface area contributed by atoms with Gasteiger partial charge in [-0.2, -0.15) is 0 Å². The molecule has 0 saturated carbocycles. The SMILES string of the molecule is CCNC(=NCC1CN2CCN1CC2)NCCC(C)C. The number of fused-ring (bicyclic) bond motifs is 3. The van der Waals surface area contributed by atoms with Gasteiger partial charge in [0.1, 0.15) is 0 Å². The Balaban J connectivity index is 1.79. The molecule has 0 spiro atoms. The van der Waals surface area contributed by atoms with Crippen molar-refractivity contribution in [2.75, 3.05) is 52.4 Å². The van der Waals surface area contributed by atoms with Crippen LogP contribution in [0.15, 0.2) is 4.99 Å². The lowest BCUT2D eigenvalue weighted by atomic mass is 10.1. The molecule has 2 bridgehead atoms. The third kappa shape index (κ3) is 4.63. The quantitative estimate of drug-likeness (QED) is 0.552. The van der Waals surface area contributed by atoms with Crippen LogP contribution in [0, 0.1) is 5.92 Å². The average molecular weight is 281 g/mol. The molecule has 0 aromatic carbocycles. The second-order valence-corrected chi connectivity index (χ2v) is 6.32. The van der Waals surface area contributed by atoms with E-state index in [1.54, 1.807) is 0 Å². The lowest BCUT2D eigenvalue weighted by Crippen LogP contribution is -2.62. The van der Waals surface area contributed by atoms with Crippen molar-refractivity contribution in [1.29, 1.82) is 0 Å². The number of nitrogens with one attached hydrogen (secondary N) is 2. The molecule has 3 aliphatic rings. The first-order chi connectivity index (χ1) is 9.69. The second-order valence-electron chi connectivity index (χ2n) is 6.32. The fourth-order valence-electron chi connectivity index (χ4n) is 2.92. The number of rotatable bonds is 6. The Morgan fingerprint density at radius 2 is 1.95 bits per heavy atom. The molecule has 0 aromatic rings. The molecule has 0 aliphatic carbocycles. The van der Waals surface area contributed by atoms with Crippen LogP contribution in [-0.4, -0.2) is 74.2 Å². The van der Waals surface area contributed by atoms with E-state index in [9.17, 15) is 0 Å². The number of hydrogen-bond acceptors (Lipinski definition) is 3. The number of aliphatic imine (C=N–C) groups is 1. The molecule has 5 nitrogen and oxygen atoms in total. The lowest BCUT2D eigenvalue weighted by molar-refractivity contribution is 0.0174. The topological polar surface area (TPSA) is 42.9 Å². The van der Waals surface area contributed by atoms with Crippen molar-refractivity contribution in [1.82, 2.24) is 20.4 Å². The van der Waals surface area contributed by atoms with Crippen LogP contribution in [-0.2, 0) is 0 Å². The molecular weight excluding hydrogens is 250 g/mol. The van der Waals surface area contributed by atoms with Crippen molar-refractivity contribution in [3.05, 3.63) is 0 Å². The fourth-order valence-corrected chi connectivity index (χ4v) is 2.92.